The number of ether oxygens (including phenoxy) is 1. The predicted molar refractivity (Wildman–Crippen MR) is 84.1 cm³/mol. The molecule has 0 bridgehead atoms. The summed E-state index contributed by atoms with van der Waals surface area (Å²) in [5.74, 6) is 0.990. The zero-order chi connectivity index (χ0) is 15.0. The van der Waals surface area contributed by atoms with Gasteiger partial charge in [0.05, 0.1) is 12.1 Å². The predicted octanol–water partition coefficient (Wildman–Crippen LogP) is 2.63. The molecule has 21 heavy (non-hydrogen) atoms. The summed E-state index contributed by atoms with van der Waals surface area (Å²) in [6.07, 6.45) is 1.32. The molecular weight excluding hydrogens is 284 g/mol. The zero-order valence-corrected chi connectivity index (χ0v) is 13.7. The van der Waals surface area contributed by atoms with E-state index in [1.807, 2.05) is 4.90 Å². The van der Waals surface area contributed by atoms with Crippen molar-refractivity contribution < 1.29 is 9.53 Å². The number of rotatable bonds is 4. The Hall–Kier alpha value is -0.910. The van der Waals surface area contributed by atoms with Crippen LogP contribution in [0.2, 0.25) is 0 Å². The van der Waals surface area contributed by atoms with Crippen LogP contribution in [0.15, 0.2) is 16.8 Å². The molecule has 3 heterocycles. The highest BCUT2D eigenvalue weighted by atomic mass is 32.1. The highest BCUT2D eigenvalue weighted by molar-refractivity contribution is 7.07. The number of hydrogen-bond donors (Lipinski definition) is 1. The summed E-state index contributed by atoms with van der Waals surface area (Å²) < 4.78 is 5.65. The van der Waals surface area contributed by atoms with Crippen molar-refractivity contribution in [1.29, 1.82) is 0 Å². The fourth-order valence-electron chi connectivity index (χ4n) is 3.29. The van der Waals surface area contributed by atoms with E-state index in [0.717, 1.165) is 19.6 Å². The van der Waals surface area contributed by atoms with Crippen molar-refractivity contribution in [2.75, 3.05) is 13.2 Å². The Bertz CT molecular complexity index is 488. The van der Waals surface area contributed by atoms with Gasteiger partial charge in [-0.15, -0.1) is 0 Å². The first-order valence-electron chi connectivity index (χ1n) is 7.78. The van der Waals surface area contributed by atoms with E-state index in [2.05, 4.69) is 42.9 Å². The molecule has 1 N–H and O–H groups in total. The molecule has 0 aromatic carbocycles. The normalized spacial score (nSPS) is 33.3. The lowest BCUT2D eigenvalue weighted by molar-refractivity contribution is -0.131. The van der Waals surface area contributed by atoms with E-state index in [1.165, 1.54) is 5.56 Å². The molecule has 5 heteroatoms. The van der Waals surface area contributed by atoms with Gasteiger partial charge in [0.15, 0.2) is 0 Å². The van der Waals surface area contributed by atoms with Crippen LogP contribution in [0.3, 0.4) is 0 Å². The van der Waals surface area contributed by atoms with Crippen LogP contribution >= 0.6 is 11.3 Å². The summed E-state index contributed by atoms with van der Waals surface area (Å²) in [5.41, 5.74) is 1.20. The van der Waals surface area contributed by atoms with Gasteiger partial charge in [-0.25, -0.2) is 0 Å². The number of amides is 1. The third-order valence-corrected chi connectivity index (χ3v) is 5.39. The van der Waals surface area contributed by atoms with Gasteiger partial charge in [0, 0.05) is 19.1 Å². The van der Waals surface area contributed by atoms with Crippen molar-refractivity contribution in [3.8, 4) is 0 Å². The van der Waals surface area contributed by atoms with Crippen LogP contribution in [0.5, 0.6) is 0 Å². The average Bonchev–Trinajstić information content (AvgIpc) is 3.13. The van der Waals surface area contributed by atoms with Gasteiger partial charge in [0.2, 0.25) is 5.91 Å². The van der Waals surface area contributed by atoms with Crippen molar-refractivity contribution >= 4 is 17.2 Å². The van der Waals surface area contributed by atoms with E-state index in [-0.39, 0.29) is 24.2 Å². The van der Waals surface area contributed by atoms with Gasteiger partial charge >= 0.3 is 0 Å². The number of nitrogens with zero attached hydrogens (tertiary/aromatic N) is 1. The first-order chi connectivity index (χ1) is 10.1. The molecule has 2 saturated heterocycles. The van der Waals surface area contributed by atoms with E-state index < -0.39 is 0 Å². The van der Waals surface area contributed by atoms with Gasteiger partial charge in [-0.1, -0.05) is 13.8 Å². The van der Waals surface area contributed by atoms with Gasteiger partial charge < -0.3 is 9.64 Å². The Kier molecular flexibility index (Phi) is 4.33. The minimum absolute atomic E-state index is 0.0175. The van der Waals surface area contributed by atoms with Crippen molar-refractivity contribution in [2.45, 2.75) is 45.5 Å². The summed E-state index contributed by atoms with van der Waals surface area (Å²) in [6.45, 7) is 7.93. The highest BCUT2D eigenvalue weighted by Gasteiger charge is 2.42. The second-order valence-corrected chi connectivity index (χ2v) is 7.24. The molecule has 4 atom stereocenters. The molecule has 2 aliphatic heterocycles. The third kappa shape index (κ3) is 2.87. The van der Waals surface area contributed by atoms with E-state index in [4.69, 9.17) is 4.74 Å². The molecular formula is C16H24N2O2S. The lowest BCUT2D eigenvalue weighted by Crippen LogP contribution is -2.38. The van der Waals surface area contributed by atoms with E-state index in [9.17, 15) is 4.79 Å². The molecule has 0 aliphatic carbocycles. The summed E-state index contributed by atoms with van der Waals surface area (Å²) in [6, 6.07) is 2.03. The standard InChI is InChI=1S/C16H24N2O2S/c1-10(2)14-16(19)18(8-12-4-6-20-11(12)3)15(17-14)13-5-7-21-9-13/h5,7,9-12,14-15,17H,4,6,8H2,1-3H3. The number of thiophene rings is 1. The van der Waals surface area contributed by atoms with Crippen LogP contribution in [0.25, 0.3) is 0 Å². The average molecular weight is 308 g/mol. The van der Waals surface area contributed by atoms with E-state index in [1.54, 1.807) is 11.3 Å². The number of carbonyl (C=O) groups excluding carboxylic acids is 1. The lowest BCUT2D eigenvalue weighted by atomic mass is 10.0. The Balaban J connectivity index is 1.81. The van der Waals surface area contributed by atoms with Crippen LogP contribution in [0, 0.1) is 11.8 Å². The summed E-state index contributed by atoms with van der Waals surface area (Å²) >= 11 is 1.68. The van der Waals surface area contributed by atoms with Gasteiger partial charge in [-0.3, -0.25) is 10.1 Å². The second kappa shape index (κ2) is 6.07. The molecule has 1 aromatic heterocycles. The van der Waals surface area contributed by atoms with Crippen LogP contribution < -0.4 is 5.32 Å². The van der Waals surface area contributed by atoms with Crippen molar-refractivity contribution in [3.05, 3.63) is 22.4 Å². The number of hydrogen-bond acceptors (Lipinski definition) is 4. The monoisotopic (exact) mass is 308 g/mol. The van der Waals surface area contributed by atoms with Crippen LogP contribution in [-0.4, -0.2) is 36.1 Å². The summed E-state index contributed by atoms with van der Waals surface area (Å²) in [4.78, 5) is 14.8. The quantitative estimate of drug-likeness (QED) is 0.929. The Morgan fingerprint density at radius 2 is 2.33 bits per heavy atom. The highest BCUT2D eigenvalue weighted by Crippen LogP contribution is 2.32. The number of nitrogens with one attached hydrogen (secondary N) is 1. The van der Waals surface area contributed by atoms with Crippen LogP contribution in [0.4, 0.5) is 0 Å². The molecule has 0 spiro atoms. The first kappa shape index (κ1) is 15.0. The maximum atomic E-state index is 12.8. The van der Waals surface area contributed by atoms with Crippen molar-refractivity contribution in [2.24, 2.45) is 11.8 Å². The molecule has 0 radical (unpaired) electrons. The lowest BCUT2D eigenvalue weighted by Gasteiger charge is -2.27. The molecule has 4 unspecified atom stereocenters. The SMILES string of the molecule is CC(C)C1NC(c2ccsc2)N(CC2CCOC2C)C1=O. The fourth-order valence-corrected chi connectivity index (χ4v) is 3.96. The molecule has 2 fully saturated rings. The van der Waals surface area contributed by atoms with E-state index >= 15 is 0 Å². The molecule has 1 amide bonds. The zero-order valence-electron chi connectivity index (χ0n) is 12.9. The molecule has 4 nitrogen and oxygen atoms in total. The third-order valence-electron chi connectivity index (χ3n) is 4.69. The minimum Gasteiger partial charge on any atom is -0.378 e. The molecule has 3 rings (SSSR count). The largest absolute Gasteiger partial charge is 0.378 e. The molecule has 0 saturated carbocycles. The topological polar surface area (TPSA) is 41.6 Å². The fraction of sp³-hybridized carbons (Fsp3) is 0.688. The molecule has 2 aliphatic rings. The van der Waals surface area contributed by atoms with Gasteiger partial charge in [0.1, 0.15) is 6.17 Å². The summed E-state index contributed by atoms with van der Waals surface area (Å²) in [5, 5.41) is 7.73. The minimum atomic E-state index is -0.0764. The number of carbonyl (C=O) groups is 1. The second-order valence-electron chi connectivity index (χ2n) is 6.46. The van der Waals surface area contributed by atoms with Gasteiger partial charge in [-0.05, 0) is 41.7 Å². The van der Waals surface area contributed by atoms with E-state index in [0.29, 0.717) is 11.8 Å². The van der Waals surface area contributed by atoms with Crippen molar-refractivity contribution in [1.82, 2.24) is 10.2 Å². The first-order valence-corrected chi connectivity index (χ1v) is 8.72. The van der Waals surface area contributed by atoms with Crippen LogP contribution in [0.1, 0.15) is 38.9 Å². The smallest absolute Gasteiger partial charge is 0.241 e. The Morgan fingerprint density at radius 3 is 2.90 bits per heavy atom. The maximum Gasteiger partial charge on any atom is 0.241 e. The summed E-state index contributed by atoms with van der Waals surface area (Å²) in [7, 11) is 0. The van der Waals surface area contributed by atoms with Gasteiger partial charge in [-0.2, -0.15) is 11.3 Å². The van der Waals surface area contributed by atoms with Gasteiger partial charge in [0.25, 0.3) is 0 Å². The Morgan fingerprint density at radius 1 is 1.52 bits per heavy atom. The molecule has 1 aromatic rings. The maximum absolute atomic E-state index is 12.8. The molecule has 116 valence electrons. The van der Waals surface area contributed by atoms with Crippen LogP contribution in [-0.2, 0) is 9.53 Å². The Labute approximate surface area is 130 Å². The van der Waals surface area contributed by atoms with Crippen molar-refractivity contribution in [3.63, 3.8) is 0 Å².